The summed E-state index contributed by atoms with van der Waals surface area (Å²) in [6, 6.07) is 13.6. The van der Waals surface area contributed by atoms with E-state index < -0.39 is 23.3 Å². The monoisotopic (exact) mass is 500 g/mol. The highest BCUT2D eigenvalue weighted by atomic mass is 19.2. The fourth-order valence-corrected chi connectivity index (χ4v) is 4.71. The number of rotatable bonds is 9. The molecule has 1 fully saturated rings. The molecule has 4 rings (SSSR count). The van der Waals surface area contributed by atoms with Crippen molar-refractivity contribution in [1.29, 1.82) is 0 Å². The maximum absolute atomic E-state index is 15.0. The third kappa shape index (κ3) is 5.92. The Kier molecular flexibility index (Phi) is 8.68. The normalized spacial score (nSPS) is 17.8. The molecule has 0 saturated heterocycles. The first-order valence-electron chi connectivity index (χ1n) is 12.6. The van der Waals surface area contributed by atoms with E-state index in [9.17, 15) is 17.6 Å². The summed E-state index contributed by atoms with van der Waals surface area (Å²) in [4.78, 5) is 0. The van der Waals surface area contributed by atoms with Gasteiger partial charge in [-0.25, -0.2) is 13.2 Å². The number of aryl methyl sites for hydroxylation is 1. The molecule has 3 aromatic carbocycles. The van der Waals surface area contributed by atoms with Gasteiger partial charge in [0.1, 0.15) is 0 Å². The Balaban J connectivity index is 1.34. The Morgan fingerprint density at radius 2 is 1.50 bits per heavy atom. The number of unbranched alkanes of at least 4 members (excludes halogenated alkanes) is 1. The fraction of sp³-hybridized carbons (Fsp3) is 0.400. The summed E-state index contributed by atoms with van der Waals surface area (Å²) in [7, 11) is 0. The van der Waals surface area contributed by atoms with Gasteiger partial charge in [0, 0.05) is 11.1 Å². The topological polar surface area (TPSA) is 18.5 Å². The van der Waals surface area contributed by atoms with E-state index in [1.807, 2.05) is 26.0 Å². The van der Waals surface area contributed by atoms with Crippen LogP contribution in [-0.4, -0.2) is 12.7 Å². The van der Waals surface area contributed by atoms with Crippen LogP contribution in [0, 0.1) is 30.2 Å². The molecule has 2 nitrogen and oxygen atoms in total. The number of halogens is 4. The van der Waals surface area contributed by atoms with E-state index in [0.717, 1.165) is 18.4 Å². The summed E-state index contributed by atoms with van der Waals surface area (Å²) >= 11 is 0. The van der Waals surface area contributed by atoms with Crippen molar-refractivity contribution in [2.24, 2.45) is 0 Å². The predicted molar refractivity (Wildman–Crippen MR) is 133 cm³/mol. The Labute approximate surface area is 210 Å². The molecule has 1 aliphatic carbocycles. The average Bonchev–Trinajstić information content (AvgIpc) is 2.89. The van der Waals surface area contributed by atoms with Crippen LogP contribution < -0.4 is 4.74 Å². The Morgan fingerprint density at radius 3 is 2.19 bits per heavy atom. The zero-order chi connectivity index (χ0) is 25.7. The van der Waals surface area contributed by atoms with Crippen LogP contribution in [0.25, 0.3) is 11.1 Å². The number of ether oxygens (including phenoxy) is 2. The van der Waals surface area contributed by atoms with E-state index in [0.29, 0.717) is 43.4 Å². The molecule has 0 aliphatic heterocycles. The van der Waals surface area contributed by atoms with Crippen LogP contribution in [0.2, 0.25) is 0 Å². The van der Waals surface area contributed by atoms with Crippen molar-refractivity contribution in [1.82, 2.24) is 0 Å². The molecule has 0 heterocycles. The van der Waals surface area contributed by atoms with Crippen LogP contribution in [0.3, 0.4) is 0 Å². The van der Waals surface area contributed by atoms with Crippen molar-refractivity contribution < 1.29 is 27.0 Å². The van der Waals surface area contributed by atoms with Crippen LogP contribution in [-0.2, 0) is 11.3 Å². The summed E-state index contributed by atoms with van der Waals surface area (Å²) in [6.45, 7) is 4.22. The van der Waals surface area contributed by atoms with Crippen molar-refractivity contribution >= 4 is 0 Å². The van der Waals surface area contributed by atoms with Crippen LogP contribution in [0.15, 0.2) is 48.5 Å². The second kappa shape index (κ2) is 11.9. The van der Waals surface area contributed by atoms with Crippen molar-refractivity contribution in [3.05, 3.63) is 88.5 Å². The minimum absolute atomic E-state index is 0.0540. The molecule has 0 amide bonds. The zero-order valence-electron chi connectivity index (χ0n) is 20.8. The summed E-state index contributed by atoms with van der Waals surface area (Å²) in [5.74, 6) is -3.77. The molecular weight excluding hydrogens is 468 g/mol. The van der Waals surface area contributed by atoms with Gasteiger partial charge in [-0.05, 0) is 68.2 Å². The van der Waals surface area contributed by atoms with Crippen LogP contribution in [0.1, 0.15) is 68.1 Å². The van der Waals surface area contributed by atoms with E-state index in [2.05, 4.69) is 0 Å². The smallest absolute Gasteiger partial charge is 0.200 e. The molecule has 0 atom stereocenters. The second-order valence-corrected chi connectivity index (χ2v) is 9.53. The highest BCUT2D eigenvalue weighted by molar-refractivity contribution is 5.65. The van der Waals surface area contributed by atoms with Crippen molar-refractivity contribution in [2.45, 2.75) is 71.0 Å². The van der Waals surface area contributed by atoms with Crippen LogP contribution in [0.5, 0.6) is 5.75 Å². The fourth-order valence-electron chi connectivity index (χ4n) is 4.71. The number of benzene rings is 3. The molecule has 192 valence electrons. The molecule has 3 aromatic rings. The van der Waals surface area contributed by atoms with Crippen molar-refractivity contribution in [3.8, 4) is 16.9 Å². The maximum atomic E-state index is 15.0. The zero-order valence-corrected chi connectivity index (χ0v) is 20.8. The summed E-state index contributed by atoms with van der Waals surface area (Å²) in [5, 5.41) is 0. The highest BCUT2D eigenvalue weighted by Crippen LogP contribution is 2.38. The molecule has 0 N–H and O–H groups in total. The van der Waals surface area contributed by atoms with Gasteiger partial charge in [-0.2, -0.15) is 4.39 Å². The molecule has 0 spiro atoms. The summed E-state index contributed by atoms with van der Waals surface area (Å²) < 4.78 is 69.8. The molecule has 1 saturated carbocycles. The lowest BCUT2D eigenvalue weighted by molar-refractivity contribution is 0.0116. The van der Waals surface area contributed by atoms with Gasteiger partial charge < -0.3 is 9.47 Å². The van der Waals surface area contributed by atoms with Gasteiger partial charge in [0.2, 0.25) is 5.82 Å². The lowest BCUT2D eigenvalue weighted by atomic mass is 9.82. The van der Waals surface area contributed by atoms with Crippen molar-refractivity contribution in [2.75, 3.05) is 6.61 Å². The average molecular weight is 501 g/mol. The standard InChI is InChI=1S/C30H32F4O2/c1-3-4-17-35-26-16-11-22(27(31)30(26)34)18-36-23-12-9-21(10-13-23)25-15-14-24(28(32)29(25)33)20-7-5-19(2)6-8-20/h5-8,11,14-16,21,23H,3-4,9-10,12-13,17-18H2,1-2H3. The quantitative estimate of drug-likeness (QED) is 0.216. The number of hydrogen-bond donors (Lipinski definition) is 0. The van der Waals surface area contributed by atoms with E-state index >= 15 is 0 Å². The van der Waals surface area contributed by atoms with Gasteiger partial charge >= 0.3 is 0 Å². The van der Waals surface area contributed by atoms with E-state index in [1.54, 1.807) is 24.3 Å². The lowest BCUT2D eigenvalue weighted by Gasteiger charge is -2.29. The van der Waals surface area contributed by atoms with Crippen LogP contribution >= 0.6 is 0 Å². The SMILES string of the molecule is CCCCOc1ccc(COC2CCC(c3ccc(-c4ccc(C)cc4)c(F)c3F)CC2)c(F)c1F. The highest BCUT2D eigenvalue weighted by Gasteiger charge is 2.27. The first-order chi connectivity index (χ1) is 17.4. The molecule has 0 aromatic heterocycles. The first-order valence-corrected chi connectivity index (χ1v) is 12.6. The molecule has 0 unspecified atom stereocenters. The first kappa shape index (κ1) is 26.2. The summed E-state index contributed by atoms with van der Waals surface area (Å²) in [5.41, 5.74) is 2.47. The van der Waals surface area contributed by atoms with E-state index in [1.165, 1.54) is 12.1 Å². The predicted octanol–water partition coefficient (Wildman–Crippen LogP) is 8.64. The third-order valence-electron chi connectivity index (χ3n) is 6.95. The molecule has 0 bridgehead atoms. The Morgan fingerprint density at radius 1 is 0.778 bits per heavy atom. The van der Waals surface area contributed by atoms with Gasteiger partial charge in [0.05, 0.1) is 19.3 Å². The molecule has 0 radical (unpaired) electrons. The lowest BCUT2D eigenvalue weighted by Crippen LogP contribution is -2.21. The molecule has 1 aliphatic rings. The third-order valence-corrected chi connectivity index (χ3v) is 6.95. The van der Waals surface area contributed by atoms with Gasteiger partial charge in [-0.15, -0.1) is 0 Å². The molecular formula is C30H32F4O2. The maximum Gasteiger partial charge on any atom is 0.200 e. The minimum Gasteiger partial charge on any atom is -0.490 e. The minimum atomic E-state index is -0.998. The molecule has 6 heteroatoms. The van der Waals surface area contributed by atoms with Crippen LogP contribution in [0.4, 0.5) is 17.6 Å². The largest absolute Gasteiger partial charge is 0.490 e. The Bertz CT molecular complexity index is 1170. The van der Waals surface area contributed by atoms with Gasteiger partial charge in [0.15, 0.2) is 23.2 Å². The van der Waals surface area contributed by atoms with E-state index in [4.69, 9.17) is 9.47 Å². The van der Waals surface area contributed by atoms with Gasteiger partial charge in [-0.3, -0.25) is 0 Å². The Hall–Kier alpha value is -2.86. The van der Waals surface area contributed by atoms with E-state index in [-0.39, 0.29) is 35.5 Å². The van der Waals surface area contributed by atoms with Crippen molar-refractivity contribution in [3.63, 3.8) is 0 Å². The van der Waals surface area contributed by atoms with Gasteiger partial charge in [-0.1, -0.05) is 55.3 Å². The summed E-state index contributed by atoms with van der Waals surface area (Å²) in [6.07, 6.45) is 4.05. The van der Waals surface area contributed by atoms with Gasteiger partial charge in [0.25, 0.3) is 0 Å². The number of hydrogen-bond acceptors (Lipinski definition) is 2. The second-order valence-electron chi connectivity index (χ2n) is 9.53. The molecule has 36 heavy (non-hydrogen) atoms.